The molecule has 0 aliphatic carbocycles. The van der Waals surface area contributed by atoms with Gasteiger partial charge in [0.05, 0.1) is 0 Å². The maximum atomic E-state index is 10.0. The van der Waals surface area contributed by atoms with E-state index in [0.29, 0.717) is 47.2 Å². The van der Waals surface area contributed by atoms with Crippen LogP contribution in [0.2, 0.25) is 0 Å². The average molecular weight is 610 g/mol. The molecule has 8 heteroatoms. The van der Waals surface area contributed by atoms with Crippen molar-refractivity contribution in [3.8, 4) is 23.0 Å². The van der Waals surface area contributed by atoms with Crippen molar-refractivity contribution in [1.29, 1.82) is 0 Å². The molecule has 0 saturated carbocycles. The lowest BCUT2D eigenvalue weighted by molar-refractivity contribution is 0.218. The molecular weight excluding hydrogens is 588 g/mol. The molecule has 6 nitrogen and oxygen atoms in total. The summed E-state index contributed by atoms with van der Waals surface area (Å²) in [5.74, 6) is 1.49. The minimum Gasteiger partial charge on any atom is -0.507 e. The first-order valence-corrected chi connectivity index (χ1v) is 12.6. The topological polar surface area (TPSA) is 83.6 Å². The predicted octanol–water partition coefficient (Wildman–Crippen LogP) is 7.58. The number of aromatic hydroxyl groups is 2. The van der Waals surface area contributed by atoms with Gasteiger partial charge in [-0.05, 0) is 60.7 Å². The summed E-state index contributed by atoms with van der Waals surface area (Å²) in [5.41, 5.74) is 2.46. The van der Waals surface area contributed by atoms with Crippen LogP contribution in [-0.2, 0) is 0 Å². The second-order valence-electron chi connectivity index (χ2n) is 7.56. The van der Waals surface area contributed by atoms with Gasteiger partial charge in [0.1, 0.15) is 47.6 Å². The highest BCUT2D eigenvalue weighted by molar-refractivity contribution is 9.10. The Morgan fingerprint density at radius 1 is 0.611 bits per heavy atom. The van der Waals surface area contributed by atoms with Crippen LogP contribution < -0.4 is 9.47 Å². The van der Waals surface area contributed by atoms with Crippen LogP contribution in [-0.4, -0.2) is 35.9 Å². The summed E-state index contributed by atoms with van der Waals surface area (Å²) in [6, 6.07) is 25.1. The number of aliphatic imine (C=N–C) groups is 2. The Kier molecular flexibility index (Phi) is 8.76. The molecule has 0 aliphatic rings. The van der Waals surface area contributed by atoms with Gasteiger partial charge in [0.25, 0.3) is 0 Å². The summed E-state index contributed by atoms with van der Waals surface area (Å²) in [5, 5.41) is 20.1. The molecule has 4 aromatic carbocycles. The highest BCUT2D eigenvalue weighted by Gasteiger charge is 2.06. The Morgan fingerprint density at radius 2 is 1.03 bits per heavy atom. The van der Waals surface area contributed by atoms with E-state index in [9.17, 15) is 10.2 Å². The molecule has 0 amide bonds. The zero-order valence-electron chi connectivity index (χ0n) is 19.0. The lowest BCUT2D eigenvalue weighted by Gasteiger charge is -2.11. The molecule has 0 heterocycles. The molecule has 36 heavy (non-hydrogen) atoms. The molecular formula is C28H22Br2N2O4. The maximum Gasteiger partial charge on any atom is 0.145 e. The van der Waals surface area contributed by atoms with Gasteiger partial charge in [-0.15, -0.1) is 0 Å². The molecule has 0 spiro atoms. The first-order valence-electron chi connectivity index (χ1n) is 11.0. The molecule has 0 saturated heterocycles. The molecule has 0 unspecified atom stereocenters. The largest absolute Gasteiger partial charge is 0.507 e. The Balaban J connectivity index is 1.38. The smallest absolute Gasteiger partial charge is 0.145 e. The van der Waals surface area contributed by atoms with Crippen molar-refractivity contribution in [3.63, 3.8) is 0 Å². The summed E-state index contributed by atoms with van der Waals surface area (Å²) in [6.07, 6.45) is 3.19. The Hall–Kier alpha value is -3.62. The number of nitrogens with zero attached hydrogens (tertiary/aromatic N) is 2. The van der Waals surface area contributed by atoms with E-state index in [-0.39, 0.29) is 11.5 Å². The molecule has 4 rings (SSSR count). The number of halogens is 2. The minimum absolute atomic E-state index is 0.144. The van der Waals surface area contributed by atoms with Crippen molar-refractivity contribution in [1.82, 2.24) is 0 Å². The van der Waals surface area contributed by atoms with Gasteiger partial charge in [-0.1, -0.05) is 56.1 Å². The van der Waals surface area contributed by atoms with E-state index in [1.807, 2.05) is 48.5 Å². The van der Waals surface area contributed by atoms with Crippen molar-refractivity contribution in [2.24, 2.45) is 9.98 Å². The van der Waals surface area contributed by atoms with Gasteiger partial charge in [0.15, 0.2) is 0 Å². The second-order valence-corrected chi connectivity index (χ2v) is 9.39. The minimum atomic E-state index is 0.144. The normalized spacial score (nSPS) is 11.3. The molecule has 4 aromatic rings. The predicted molar refractivity (Wildman–Crippen MR) is 150 cm³/mol. The maximum absolute atomic E-state index is 10.0. The summed E-state index contributed by atoms with van der Waals surface area (Å²) in [6.45, 7) is 0.582. The summed E-state index contributed by atoms with van der Waals surface area (Å²) in [7, 11) is 0. The van der Waals surface area contributed by atoms with Crippen LogP contribution in [0.3, 0.4) is 0 Å². The van der Waals surface area contributed by atoms with E-state index in [1.54, 1.807) is 48.8 Å². The summed E-state index contributed by atoms with van der Waals surface area (Å²) < 4.78 is 13.5. The molecule has 0 aliphatic heterocycles. The number of para-hydroxylation sites is 4. The lowest BCUT2D eigenvalue weighted by Crippen LogP contribution is -2.09. The summed E-state index contributed by atoms with van der Waals surface area (Å²) >= 11 is 6.80. The molecule has 0 fully saturated rings. The third kappa shape index (κ3) is 6.96. The zero-order chi connectivity index (χ0) is 25.3. The number of phenols is 2. The van der Waals surface area contributed by atoms with Crippen LogP contribution in [0.5, 0.6) is 23.0 Å². The van der Waals surface area contributed by atoms with Crippen molar-refractivity contribution >= 4 is 55.7 Å². The molecule has 2 N–H and O–H groups in total. The average Bonchev–Trinajstić information content (AvgIpc) is 2.89. The van der Waals surface area contributed by atoms with E-state index >= 15 is 0 Å². The van der Waals surface area contributed by atoms with E-state index < -0.39 is 0 Å². The Bertz CT molecular complexity index is 1300. The monoisotopic (exact) mass is 608 g/mol. The fourth-order valence-electron chi connectivity index (χ4n) is 3.21. The van der Waals surface area contributed by atoms with Gasteiger partial charge in [-0.2, -0.15) is 0 Å². The molecule has 0 radical (unpaired) electrons. The number of hydrogen-bond acceptors (Lipinski definition) is 6. The van der Waals surface area contributed by atoms with Gasteiger partial charge in [-0.3, -0.25) is 9.98 Å². The lowest BCUT2D eigenvalue weighted by atomic mass is 10.2. The fraction of sp³-hybridized carbons (Fsp3) is 0.0714. The standard InChI is InChI=1S/C28H22Br2N2O4/c29-21-9-11-25(33)19(15-21)17-31-23-5-1-3-7-27(23)35-13-14-36-28-8-4-2-6-24(28)32-18-20-16-22(30)10-12-26(20)34/h1-12,15-18,33-34H,13-14H2. The zero-order valence-corrected chi connectivity index (χ0v) is 22.2. The Labute approximate surface area is 225 Å². The van der Waals surface area contributed by atoms with Gasteiger partial charge in [-0.25, -0.2) is 0 Å². The summed E-state index contributed by atoms with van der Waals surface area (Å²) in [4.78, 5) is 8.96. The number of phenolic OH excluding ortho intramolecular Hbond substituents is 2. The van der Waals surface area contributed by atoms with Crippen LogP contribution in [0.4, 0.5) is 11.4 Å². The first-order chi connectivity index (χ1) is 17.5. The van der Waals surface area contributed by atoms with Crippen LogP contribution in [0.15, 0.2) is 104 Å². The second kappa shape index (κ2) is 12.4. The number of ether oxygens (including phenoxy) is 2. The van der Waals surface area contributed by atoms with Crippen LogP contribution in [0.25, 0.3) is 0 Å². The molecule has 0 atom stereocenters. The van der Waals surface area contributed by atoms with Crippen LogP contribution in [0, 0.1) is 0 Å². The Morgan fingerprint density at radius 3 is 1.47 bits per heavy atom. The van der Waals surface area contributed by atoms with Crippen molar-refractivity contribution in [2.45, 2.75) is 0 Å². The quantitative estimate of drug-likeness (QED) is 0.151. The van der Waals surface area contributed by atoms with Gasteiger partial charge >= 0.3 is 0 Å². The number of rotatable bonds is 9. The van der Waals surface area contributed by atoms with Crippen molar-refractivity contribution in [2.75, 3.05) is 13.2 Å². The van der Waals surface area contributed by atoms with E-state index in [0.717, 1.165) is 8.95 Å². The third-order valence-electron chi connectivity index (χ3n) is 4.99. The molecule has 182 valence electrons. The molecule has 0 aromatic heterocycles. The number of benzene rings is 4. The highest BCUT2D eigenvalue weighted by Crippen LogP contribution is 2.30. The molecule has 0 bridgehead atoms. The third-order valence-corrected chi connectivity index (χ3v) is 5.98. The first kappa shape index (κ1) is 25.5. The van der Waals surface area contributed by atoms with E-state index in [2.05, 4.69) is 41.8 Å². The van der Waals surface area contributed by atoms with Gasteiger partial charge in [0, 0.05) is 32.5 Å². The van der Waals surface area contributed by atoms with Crippen molar-refractivity contribution < 1.29 is 19.7 Å². The SMILES string of the molecule is Oc1ccc(Br)cc1C=Nc1ccccc1OCCOc1ccccc1N=Cc1cc(Br)ccc1O. The highest BCUT2D eigenvalue weighted by atomic mass is 79.9. The fourth-order valence-corrected chi connectivity index (χ4v) is 3.97. The van der Waals surface area contributed by atoms with Crippen molar-refractivity contribution in [3.05, 3.63) is 105 Å². The van der Waals surface area contributed by atoms with Gasteiger partial charge in [0.2, 0.25) is 0 Å². The van der Waals surface area contributed by atoms with Gasteiger partial charge < -0.3 is 19.7 Å². The van der Waals surface area contributed by atoms with Crippen LogP contribution in [0.1, 0.15) is 11.1 Å². The van der Waals surface area contributed by atoms with E-state index in [1.165, 1.54) is 0 Å². The number of hydrogen-bond donors (Lipinski definition) is 2. The van der Waals surface area contributed by atoms with Crippen LogP contribution >= 0.6 is 31.9 Å². The van der Waals surface area contributed by atoms with E-state index in [4.69, 9.17) is 9.47 Å².